The molecule has 2 aliphatic heterocycles. The third-order valence-corrected chi connectivity index (χ3v) is 6.49. The van der Waals surface area contributed by atoms with Crippen LogP contribution in [-0.2, 0) is 6.54 Å². The first-order chi connectivity index (χ1) is 15.6. The van der Waals surface area contributed by atoms with Gasteiger partial charge in [0.15, 0.2) is 0 Å². The van der Waals surface area contributed by atoms with E-state index < -0.39 is 5.66 Å². The van der Waals surface area contributed by atoms with Crippen LogP contribution in [0.5, 0.6) is 5.75 Å². The van der Waals surface area contributed by atoms with Crippen molar-refractivity contribution in [2.24, 2.45) is 0 Å². The molecule has 1 fully saturated rings. The van der Waals surface area contributed by atoms with Gasteiger partial charge in [-0.05, 0) is 54.1 Å². The third-order valence-electron chi connectivity index (χ3n) is 6.49. The number of amides is 1. The molecule has 2 heterocycles. The first-order valence-electron chi connectivity index (χ1n) is 10.9. The van der Waals surface area contributed by atoms with E-state index in [1.165, 1.54) is 12.1 Å². The Bertz CT molecular complexity index is 1110. The van der Waals surface area contributed by atoms with Crippen LogP contribution in [0.4, 0.5) is 15.8 Å². The molecule has 1 N–H and O–H groups in total. The highest BCUT2D eigenvalue weighted by atomic mass is 19.1. The molecule has 0 bridgehead atoms. The van der Waals surface area contributed by atoms with Crippen molar-refractivity contribution in [1.82, 2.24) is 4.90 Å². The molecule has 5 nitrogen and oxygen atoms in total. The molecule has 0 aliphatic carbocycles. The van der Waals surface area contributed by atoms with Gasteiger partial charge in [-0.3, -0.25) is 14.6 Å². The van der Waals surface area contributed by atoms with Crippen LogP contribution in [0.3, 0.4) is 0 Å². The number of para-hydroxylation sites is 1. The summed E-state index contributed by atoms with van der Waals surface area (Å²) in [4.78, 5) is 17.9. The summed E-state index contributed by atoms with van der Waals surface area (Å²) in [6.07, 6.45) is 1.56. The van der Waals surface area contributed by atoms with E-state index >= 15 is 0 Å². The van der Waals surface area contributed by atoms with Crippen molar-refractivity contribution in [3.63, 3.8) is 0 Å². The van der Waals surface area contributed by atoms with Crippen molar-refractivity contribution in [2.75, 3.05) is 30.4 Å². The van der Waals surface area contributed by atoms with E-state index in [-0.39, 0.29) is 11.7 Å². The number of fused-ring (bicyclic) bond motifs is 1. The molecule has 164 valence electrons. The lowest BCUT2D eigenvalue weighted by Gasteiger charge is -2.52. The van der Waals surface area contributed by atoms with Gasteiger partial charge in [-0.25, -0.2) is 4.39 Å². The van der Waals surface area contributed by atoms with Gasteiger partial charge in [-0.15, -0.1) is 0 Å². The maximum absolute atomic E-state index is 13.7. The van der Waals surface area contributed by atoms with Crippen molar-refractivity contribution in [3.8, 4) is 5.75 Å². The molecule has 0 saturated carbocycles. The molecule has 0 aromatic heterocycles. The number of halogens is 1. The zero-order valence-electron chi connectivity index (χ0n) is 18.1. The van der Waals surface area contributed by atoms with Crippen LogP contribution in [-0.4, -0.2) is 36.7 Å². The molecule has 6 heteroatoms. The van der Waals surface area contributed by atoms with Crippen LogP contribution in [0, 0.1) is 5.82 Å². The summed E-state index contributed by atoms with van der Waals surface area (Å²) < 4.78 is 18.6. The van der Waals surface area contributed by atoms with E-state index in [0.29, 0.717) is 5.56 Å². The summed E-state index contributed by atoms with van der Waals surface area (Å²) in [6, 6.07) is 22.0. The summed E-state index contributed by atoms with van der Waals surface area (Å²) in [5.41, 5.74) is 3.01. The van der Waals surface area contributed by atoms with E-state index in [4.69, 9.17) is 4.74 Å². The Kier molecular flexibility index (Phi) is 5.31. The van der Waals surface area contributed by atoms with Gasteiger partial charge >= 0.3 is 0 Å². The molecule has 32 heavy (non-hydrogen) atoms. The quantitative estimate of drug-likeness (QED) is 0.638. The molecule has 1 spiro atoms. The number of anilines is 2. The maximum Gasteiger partial charge on any atom is 0.262 e. The van der Waals surface area contributed by atoms with Crippen LogP contribution >= 0.6 is 0 Å². The fourth-order valence-corrected chi connectivity index (χ4v) is 4.77. The second kappa shape index (κ2) is 8.28. The third kappa shape index (κ3) is 3.71. The van der Waals surface area contributed by atoms with E-state index in [1.54, 1.807) is 7.11 Å². The molecule has 1 amide bonds. The minimum Gasteiger partial charge on any atom is -0.497 e. The zero-order valence-corrected chi connectivity index (χ0v) is 18.1. The number of benzene rings is 3. The Balaban J connectivity index is 1.43. The number of carbonyl (C=O) groups is 1. The van der Waals surface area contributed by atoms with Crippen molar-refractivity contribution >= 4 is 17.3 Å². The highest BCUT2D eigenvalue weighted by Gasteiger charge is 2.47. The number of nitrogens with one attached hydrogen (secondary N) is 1. The topological polar surface area (TPSA) is 44.8 Å². The average molecular weight is 432 g/mol. The fourth-order valence-electron chi connectivity index (χ4n) is 4.77. The molecule has 3 aromatic rings. The molecule has 0 atom stereocenters. The van der Waals surface area contributed by atoms with Crippen LogP contribution < -0.4 is 15.0 Å². The Labute approximate surface area is 187 Å². The number of nitrogens with zero attached hydrogens (tertiary/aromatic N) is 2. The summed E-state index contributed by atoms with van der Waals surface area (Å²) in [6.45, 7) is 2.42. The van der Waals surface area contributed by atoms with E-state index in [9.17, 15) is 9.18 Å². The normalized spacial score (nSPS) is 17.7. The van der Waals surface area contributed by atoms with E-state index in [2.05, 4.69) is 10.2 Å². The molecule has 0 unspecified atom stereocenters. The maximum atomic E-state index is 13.7. The second-order valence-electron chi connectivity index (χ2n) is 8.44. The Morgan fingerprint density at radius 2 is 1.66 bits per heavy atom. The smallest absolute Gasteiger partial charge is 0.262 e. The lowest BCUT2D eigenvalue weighted by Crippen LogP contribution is -2.64. The monoisotopic (exact) mass is 431 g/mol. The minimum atomic E-state index is -0.501. The molecule has 0 radical (unpaired) electrons. The molecule has 3 aromatic carbocycles. The number of piperidine rings is 1. The molecule has 2 aliphatic rings. The highest BCUT2D eigenvalue weighted by Crippen LogP contribution is 2.41. The number of hydrogen-bond donors (Lipinski definition) is 1. The number of hydrogen-bond acceptors (Lipinski definition) is 4. The van der Waals surface area contributed by atoms with Gasteiger partial charge in [0.05, 0.1) is 12.7 Å². The predicted molar refractivity (Wildman–Crippen MR) is 124 cm³/mol. The van der Waals surface area contributed by atoms with Gasteiger partial charge in [0, 0.05) is 43.9 Å². The zero-order chi connectivity index (χ0) is 22.1. The lowest BCUT2D eigenvalue weighted by atomic mass is 9.89. The SMILES string of the molecule is COc1ccc(N2C(=O)c3ccccc3NC23CCN(Cc2ccc(F)cc2)CC3)cc1. The van der Waals surface area contributed by atoms with Crippen molar-refractivity contribution in [1.29, 1.82) is 0 Å². The van der Waals surface area contributed by atoms with Crippen molar-refractivity contribution in [2.45, 2.75) is 25.0 Å². The predicted octanol–water partition coefficient (Wildman–Crippen LogP) is 4.90. The number of rotatable bonds is 4. The number of ether oxygens (including phenoxy) is 1. The van der Waals surface area contributed by atoms with Gasteiger partial charge in [0.2, 0.25) is 0 Å². The molecular weight excluding hydrogens is 405 g/mol. The average Bonchev–Trinajstić information content (AvgIpc) is 2.83. The molecule has 1 saturated heterocycles. The first kappa shape index (κ1) is 20.5. The Morgan fingerprint density at radius 1 is 0.969 bits per heavy atom. The van der Waals surface area contributed by atoms with Gasteiger partial charge < -0.3 is 10.1 Å². The van der Waals surface area contributed by atoms with E-state index in [1.807, 2.05) is 65.6 Å². The highest BCUT2D eigenvalue weighted by molar-refractivity contribution is 6.12. The van der Waals surface area contributed by atoms with Gasteiger partial charge in [-0.2, -0.15) is 0 Å². The summed E-state index contributed by atoms with van der Waals surface area (Å²) in [7, 11) is 1.64. The number of methoxy groups -OCH3 is 1. The largest absolute Gasteiger partial charge is 0.497 e. The second-order valence-corrected chi connectivity index (χ2v) is 8.44. The number of carbonyl (C=O) groups excluding carboxylic acids is 1. The lowest BCUT2D eigenvalue weighted by molar-refractivity contribution is 0.0904. The van der Waals surface area contributed by atoms with Gasteiger partial charge in [0.1, 0.15) is 17.2 Å². The van der Waals surface area contributed by atoms with Crippen molar-refractivity contribution < 1.29 is 13.9 Å². The summed E-state index contributed by atoms with van der Waals surface area (Å²) in [5.74, 6) is 0.552. The standard InChI is InChI=1S/C26H26FN3O2/c1-32-22-12-10-21(11-13-22)30-25(31)23-4-2-3-5-24(23)28-26(30)14-16-29(17-15-26)18-19-6-8-20(27)9-7-19/h2-13,28H,14-18H2,1H3. The number of likely N-dealkylation sites (tertiary alicyclic amines) is 1. The fraction of sp³-hybridized carbons (Fsp3) is 0.269. The van der Waals surface area contributed by atoms with Crippen molar-refractivity contribution in [3.05, 3.63) is 89.7 Å². The summed E-state index contributed by atoms with van der Waals surface area (Å²) in [5, 5.41) is 3.71. The van der Waals surface area contributed by atoms with Crippen LogP contribution in [0.2, 0.25) is 0 Å². The van der Waals surface area contributed by atoms with Crippen LogP contribution in [0.15, 0.2) is 72.8 Å². The first-order valence-corrected chi connectivity index (χ1v) is 10.9. The van der Waals surface area contributed by atoms with E-state index in [0.717, 1.165) is 55.2 Å². The Hall–Kier alpha value is -3.38. The minimum absolute atomic E-state index is 0.0106. The summed E-state index contributed by atoms with van der Waals surface area (Å²) >= 11 is 0. The van der Waals surface area contributed by atoms with Gasteiger partial charge in [0.25, 0.3) is 5.91 Å². The van der Waals surface area contributed by atoms with Crippen LogP contribution in [0.1, 0.15) is 28.8 Å². The Morgan fingerprint density at radius 3 is 2.34 bits per heavy atom. The van der Waals surface area contributed by atoms with Gasteiger partial charge in [-0.1, -0.05) is 24.3 Å². The molecular formula is C26H26FN3O2. The molecule has 5 rings (SSSR count). The van der Waals surface area contributed by atoms with Crippen LogP contribution in [0.25, 0.3) is 0 Å².